The van der Waals surface area contributed by atoms with Gasteiger partial charge in [0, 0.05) is 49.9 Å². The molecule has 1 fully saturated rings. The zero-order valence-corrected chi connectivity index (χ0v) is 17.3. The fourth-order valence-corrected chi connectivity index (χ4v) is 3.86. The Morgan fingerprint density at radius 1 is 1.13 bits per heavy atom. The monoisotopic (exact) mass is 406 g/mol. The summed E-state index contributed by atoms with van der Waals surface area (Å²) >= 11 is 0. The number of nitrogens with one attached hydrogen (secondary N) is 1. The summed E-state index contributed by atoms with van der Waals surface area (Å²) in [6.45, 7) is 4.91. The molecule has 0 aliphatic carbocycles. The average molecular weight is 407 g/mol. The number of rotatable bonds is 7. The third kappa shape index (κ3) is 4.76. The van der Waals surface area contributed by atoms with Crippen LogP contribution in [0.3, 0.4) is 0 Å². The van der Waals surface area contributed by atoms with Gasteiger partial charge in [0.1, 0.15) is 5.82 Å². The van der Waals surface area contributed by atoms with Crippen LogP contribution in [0.5, 0.6) is 0 Å². The Labute approximate surface area is 176 Å². The number of piperidine rings is 1. The highest BCUT2D eigenvalue weighted by atomic mass is 19.1. The van der Waals surface area contributed by atoms with Crippen molar-refractivity contribution >= 4 is 5.91 Å². The summed E-state index contributed by atoms with van der Waals surface area (Å²) in [5.74, 6) is -0.0316. The molecule has 1 amide bonds. The number of carbonyl (C=O) groups is 1. The van der Waals surface area contributed by atoms with Gasteiger partial charge in [0.15, 0.2) is 0 Å². The smallest absolute Gasteiger partial charge is 0.222 e. The number of amides is 1. The first-order valence-corrected chi connectivity index (χ1v) is 10.5. The highest BCUT2D eigenvalue weighted by molar-refractivity contribution is 5.76. The van der Waals surface area contributed by atoms with E-state index < -0.39 is 0 Å². The van der Waals surface area contributed by atoms with E-state index in [-0.39, 0.29) is 11.7 Å². The van der Waals surface area contributed by atoms with E-state index in [4.69, 9.17) is 5.10 Å². The molecular formula is C24H27FN4O. The normalized spacial score (nSPS) is 14.3. The topological polar surface area (TPSA) is 50.2 Å². The van der Waals surface area contributed by atoms with E-state index in [2.05, 4.69) is 11.4 Å². The molecule has 2 aromatic carbocycles. The van der Waals surface area contributed by atoms with Crippen LogP contribution in [0.2, 0.25) is 0 Å². The van der Waals surface area contributed by atoms with Gasteiger partial charge in [-0.3, -0.25) is 4.79 Å². The summed E-state index contributed by atoms with van der Waals surface area (Å²) in [6, 6.07) is 14.7. The summed E-state index contributed by atoms with van der Waals surface area (Å²) < 4.78 is 15.7. The third-order valence-corrected chi connectivity index (χ3v) is 5.45. The van der Waals surface area contributed by atoms with Crippen LogP contribution in [0.15, 0.2) is 54.7 Å². The predicted molar refractivity (Wildman–Crippen MR) is 116 cm³/mol. The Bertz CT molecular complexity index is 1030. The zero-order valence-electron chi connectivity index (χ0n) is 17.3. The van der Waals surface area contributed by atoms with Crippen molar-refractivity contribution in [3.05, 3.63) is 71.7 Å². The van der Waals surface area contributed by atoms with Crippen molar-refractivity contribution in [3.8, 4) is 16.9 Å². The number of aromatic nitrogens is 2. The van der Waals surface area contributed by atoms with E-state index in [1.165, 1.54) is 12.1 Å². The second-order valence-corrected chi connectivity index (χ2v) is 7.81. The molecular weight excluding hydrogens is 379 g/mol. The van der Waals surface area contributed by atoms with Crippen LogP contribution in [0, 0.1) is 12.7 Å². The van der Waals surface area contributed by atoms with Gasteiger partial charge in [-0.25, -0.2) is 9.07 Å². The number of nitrogens with zero attached hydrogens (tertiary/aromatic N) is 3. The number of aryl methyl sites for hydroxylation is 1. The van der Waals surface area contributed by atoms with Crippen molar-refractivity contribution in [3.63, 3.8) is 0 Å². The number of hydrogen-bond acceptors (Lipinski definition) is 3. The van der Waals surface area contributed by atoms with Gasteiger partial charge in [0.2, 0.25) is 5.91 Å². The fourth-order valence-electron chi connectivity index (χ4n) is 3.86. The van der Waals surface area contributed by atoms with E-state index in [1.54, 1.807) is 6.07 Å². The summed E-state index contributed by atoms with van der Waals surface area (Å²) in [4.78, 5) is 13.9. The van der Waals surface area contributed by atoms with Crippen LogP contribution in [0.4, 0.5) is 4.39 Å². The summed E-state index contributed by atoms with van der Waals surface area (Å²) in [5, 5.41) is 8.19. The van der Waals surface area contributed by atoms with Crippen molar-refractivity contribution in [1.82, 2.24) is 20.0 Å². The Morgan fingerprint density at radius 2 is 2.00 bits per heavy atom. The second-order valence-electron chi connectivity index (χ2n) is 7.81. The minimum Gasteiger partial charge on any atom is -0.341 e. The van der Waals surface area contributed by atoms with E-state index in [0.717, 1.165) is 47.5 Å². The van der Waals surface area contributed by atoms with Gasteiger partial charge in [-0.15, -0.1) is 0 Å². The van der Waals surface area contributed by atoms with Crippen LogP contribution >= 0.6 is 0 Å². The molecule has 0 bridgehead atoms. The maximum atomic E-state index is 13.8. The second kappa shape index (κ2) is 9.22. The van der Waals surface area contributed by atoms with E-state index >= 15 is 0 Å². The SMILES string of the molecule is Cc1cccc(-n2cc(CNCCN3CCCCC3=O)c(-c3cccc(F)c3)n2)c1. The average Bonchev–Trinajstić information content (AvgIpc) is 3.17. The summed E-state index contributed by atoms with van der Waals surface area (Å²) in [7, 11) is 0. The Kier molecular flexibility index (Phi) is 6.23. The molecule has 156 valence electrons. The van der Waals surface area contributed by atoms with Crippen LogP contribution in [-0.4, -0.2) is 40.2 Å². The summed E-state index contributed by atoms with van der Waals surface area (Å²) in [5.41, 5.74) is 4.63. The Hall–Kier alpha value is -2.99. The van der Waals surface area contributed by atoms with E-state index in [9.17, 15) is 9.18 Å². The number of likely N-dealkylation sites (tertiary alicyclic amines) is 1. The molecule has 5 nitrogen and oxygen atoms in total. The molecule has 1 aromatic heterocycles. The Morgan fingerprint density at radius 3 is 2.80 bits per heavy atom. The first-order valence-electron chi connectivity index (χ1n) is 10.5. The van der Waals surface area contributed by atoms with Crippen molar-refractivity contribution in [2.45, 2.75) is 32.7 Å². The fraction of sp³-hybridized carbons (Fsp3) is 0.333. The van der Waals surface area contributed by atoms with E-state index in [1.807, 2.05) is 47.0 Å². The third-order valence-electron chi connectivity index (χ3n) is 5.45. The highest BCUT2D eigenvalue weighted by Gasteiger charge is 2.17. The van der Waals surface area contributed by atoms with Gasteiger partial charge in [-0.05, 0) is 49.6 Å². The van der Waals surface area contributed by atoms with Gasteiger partial charge in [0.25, 0.3) is 0 Å². The summed E-state index contributed by atoms with van der Waals surface area (Å²) in [6.07, 6.45) is 4.73. The first-order chi connectivity index (χ1) is 14.6. The molecule has 0 spiro atoms. The van der Waals surface area contributed by atoms with Crippen molar-refractivity contribution in [1.29, 1.82) is 0 Å². The molecule has 1 aliphatic rings. The van der Waals surface area contributed by atoms with Crippen molar-refractivity contribution in [2.75, 3.05) is 19.6 Å². The molecule has 3 aromatic rings. The largest absolute Gasteiger partial charge is 0.341 e. The lowest BCUT2D eigenvalue weighted by Crippen LogP contribution is -2.39. The molecule has 1 saturated heterocycles. The predicted octanol–water partition coefficient (Wildman–Crippen LogP) is 4.09. The number of carbonyl (C=O) groups excluding carboxylic acids is 1. The zero-order chi connectivity index (χ0) is 20.9. The van der Waals surface area contributed by atoms with E-state index in [0.29, 0.717) is 26.1 Å². The first kappa shape index (κ1) is 20.3. The lowest BCUT2D eigenvalue weighted by molar-refractivity contribution is -0.133. The number of benzene rings is 2. The van der Waals surface area contributed by atoms with Crippen molar-refractivity contribution in [2.24, 2.45) is 0 Å². The Balaban J connectivity index is 1.52. The van der Waals surface area contributed by atoms with Gasteiger partial charge >= 0.3 is 0 Å². The highest BCUT2D eigenvalue weighted by Crippen LogP contribution is 2.24. The molecule has 0 saturated carbocycles. The molecule has 6 heteroatoms. The molecule has 4 rings (SSSR count). The molecule has 1 N–H and O–H groups in total. The standard InChI is InChI=1S/C24H27FN4O/c1-18-6-4-9-22(14-18)29-17-20(24(27-29)19-7-5-8-21(25)15-19)16-26-11-13-28-12-3-2-10-23(28)30/h4-9,14-15,17,26H,2-3,10-13,16H2,1H3. The lowest BCUT2D eigenvalue weighted by Gasteiger charge is -2.26. The molecule has 0 radical (unpaired) electrons. The van der Waals surface area contributed by atoms with Crippen LogP contribution < -0.4 is 5.32 Å². The van der Waals surface area contributed by atoms with Crippen LogP contribution in [0.1, 0.15) is 30.4 Å². The van der Waals surface area contributed by atoms with Gasteiger partial charge in [-0.2, -0.15) is 5.10 Å². The molecule has 0 unspecified atom stereocenters. The minimum atomic E-state index is -0.278. The van der Waals surface area contributed by atoms with Crippen LogP contribution in [0.25, 0.3) is 16.9 Å². The maximum absolute atomic E-state index is 13.8. The lowest BCUT2D eigenvalue weighted by atomic mass is 10.1. The van der Waals surface area contributed by atoms with Gasteiger partial charge < -0.3 is 10.2 Å². The molecule has 0 atom stereocenters. The van der Waals surface area contributed by atoms with Crippen LogP contribution in [-0.2, 0) is 11.3 Å². The van der Waals surface area contributed by atoms with Crippen molar-refractivity contribution < 1.29 is 9.18 Å². The van der Waals surface area contributed by atoms with Gasteiger partial charge in [0.05, 0.1) is 11.4 Å². The van der Waals surface area contributed by atoms with Gasteiger partial charge in [-0.1, -0.05) is 24.3 Å². The quantitative estimate of drug-likeness (QED) is 0.602. The minimum absolute atomic E-state index is 0.246. The number of hydrogen-bond donors (Lipinski definition) is 1. The molecule has 2 heterocycles. The number of halogens is 1. The maximum Gasteiger partial charge on any atom is 0.222 e. The molecule has 30 heavy (non-hydrogen) atoms. The molecule has 1 aliphatic heterocycles.